The van der Waals surface area contributed by atoms with E-state index in [1.165, 1.54) is 21.3 Å². The first-order valence-electron chi connectivity index (χ1n) is 7.05. The molecule has 22 heavy (non-hydrogen) atoms. The first-order chi connectivity index (χ1) is 10.8. The first-order valence-corrected chi connectivity index (χ1v) is 9.73. The van der Waals surface area contributed by atoms with Crippen molar-refractivity contribution in [3.8, 4) is 0 Å². The molecule has 0 saturated carbocycles. The van der Waals surface area contributed by atoms with E-state index in [0.717, 1.165) is 16.4 Å². The number of thioether (sulfide) groups is 1. The molecule has 2 aromatic heterocycles. The number of fused-ring (bicyclic) bond motifs is 1. The van der Waals surface area contributed by atoms with E-state index in [4.69, 9.17) is 0 Å². The Hall–Kier alpha value is -1.37. The van der Waals surface area contributed by atoms with Gasteiger partial charge in [-0.3, -0.25) is 4.79 Å². The third-order valence-corrected chi connectivity index (χ3v) is 6.28. The molecule has 0 spiro atoms. The Balaban J connectivity index is 1.60. The Morgan fingerprint density at radius 2 is 2.14 bits per heavy atom. The summed E-state index contributed by atoms with van der Waals surface area (Å²) >= 11 is 4.87. The lowest BCUT2D eigenvalue weighted by Crippen LogP contribution is -2.31. The number of nitrogens with zero attached hydrogens (tertiary/aromatic N) is 2. The minimum absolute atomic E-state index is 0.167. The van der Waals surface area contributed by atoms with E-state index >= 15 is 0 Å². The Bertz CT molecular complexity index is 719. The highest BCUT2D eigenvalue weighted by atomic mass is 32.2. The summed E-state index contributed by atoms with van der Waals surface area (Å²) in [5.41, 5.74) is 1.01. The lowest BCUT2D eigenvalue weighted by atomic mass is 10.3. The van der Waals surface area contributed by atoms with Gasteiger partial charge in [-0.25, -0.2) is 4.98 Å². The van der Waals surface area contributed by atoms with Crippen molar-refractivity contribution in [2.24, 2.45) is 0 Å². The van der Waals surface area contributed by atoms with Gasteiger partial charge >= 0.3 is 0 Å². The highest BCUT2D eigenvalue weighted by molar-refractivity contribution is 8.01. The van der Waals surface area contributed by atoms with E-state index in [9.17, 15) is 4.79 Å². The van der Waals surface area contributed by atoms with Crippen LogP contribution in [0.4, 0.5) is 0 Å². The van der Waals surface area contributed by atoms with Crippen LogP contribution in [-0.2, 0) is 11.3 Å². The summed E-state index contributed by atoms with van der Waals surface area (Å²) in [6.45, 7) is 3.46. The molecule has 0 aliphatic rings. The maximum Gasteiger partial charge on any atom is 0.233 e. The Morgan fingerprint density at radius 1 is 1.27 bits per heavy atom. The van der Waals surface area contributed by atoms with Gasteiger partial charge in [0, 0.05) is 11.4 Å². The molecule has 2 heterocycles. The molecule has 0 aliphatic heterocycles. The maximum atomic E-state index is 12.4. The van der Waals surface area contributed by atoms with Crippen LogP contribution >= 0.6 is 34.4 Å². The quantitative estimate of drug-likeness (QED) is 0.615. The van der Waals surface area contributed by atoms with Crippen LogP contribution in [0.5, 0.6) is 0 Å². The molecule has 0 unspecified atom stereocenters. The second-order valence-corrected chi connectivity index (χ2v) is 8.01. The molecule has 0 atom stereocenters. The van der Waals surface area contributed by atoms with Gasteiger partial charge in [-0.1, -0.05) is 30.0 Å². The van der Waals surface area contributed by atoms with E-state index in [-0.39, 0.29) is 5.91 Å². The molecule has 0 fully saturated rings. The minimum atomic E-state index is 0.167. The van der Waals surface area contributed by atoms with Crippen molar-refractivity contribution in [1.29, 1.82) is 0 Å². The zero-order valence-corrected chi connectivity index (χ0v) is 14.6. The Labute approximate surface area is 142 Å². The van der Waals surface area contributed by atoms with Crippen LogP contribution < -0.4 is 0 Å². The topological polar surface area (TPSA) is 33.2 Å². The number of rotatable bonds is 6. The van der Waals surface area contributed by atoms with Gasteiger partial charge in [0.15, 0.2) is 4.34 Å². The van der Waals surface area contributed by atoms with Gasteiger partial charge in [0.2, 0.25) is 5.91 Å². The number of amides is 1. The van der Waals surface area contributed by atoms with Gasteiger partial charge in [0.1, 0.15) is 0 Å². The second kappa shape index (κ2) is 7.26. The SMILES string of the molecule is CCN(Cc1cccs1)C(=O)CSc1nc2ccccc2s1. The van der Waals surface area contributed by atoms with Gasteiger partial charge in [-0.05, 0) is 30.5 Å². The normalized spacial score (nSPS) is 11.0. The van der Waals surface area contributed by atoms with Crippen LogP contribution in [0.15, 0.2) is 46.1 Å². The number of thiophene rings is 1. The van der Waals surface area contributed by atoms with Crippen molar-refractivity contribution < 1.29 is 4.79 Å². The summed E-state index contributed by atoms with van der Waals surface area (Å²) in [6.07, 6.45) is 0. The summed E-state index contributed by atoms with van der Waals surface area (Å²) in [4.78, 5) is 20.1. The number of carbonyl (C=O) groups excluding carboxylic acids is 1. The van der Waals surface area contributed by atoms with Crippen molar-refractivity contribution >= 4 is 50.6 Å². The fourth-order valence-corrected chi connectivity index (χ4v) is 4.79. The van der Waals surface area contributed by atoms with Crippen LogP contribution in [0.1, 0.15) is 11.8 Å². The molecule has 3 aromatic rings. The number of hydrogen-bond donors (Lipinski definition) is 0. The molecular formula is C16H16N2OS3. The Kier molecular flexibility index (Phi) is 5.12. The van der Waals surface area contributed by atoms with E-state index in [2.05, 4.69) is 17.1 Å². The third kappa shape index (κ3) is 3.69. The highest BCUT2D eigenvalue weighted by Gasteiger charge is 2.14. The van der Waals surface area contributed by atoms with Crippen LogP contribution in [0.3, 0.4) is 0 Å². The monoisotopic (exact) mass is 348 g/mol. The largest absolute Gasteiger partial charge is 0.337 e. The van der Waals surface area contributed by atoms with Crippen molar-refractivity contribution in [3.63, 3.8) is 0 Å². The lowest BCUT2D eigenvalue weighted by Gasteiger charge is -2.19. The van der Waals surface area contributed by atoms with Crippen LogP contribution in [-0.4, -0.2) is 28.1 Å². The molecule has 3 rings (SSSR count). The fourth-order valence-electron chi connectivity index (χ4n) is 2.09. The number of carbonyl (C=O) groups is 1. The molecule has 0 N–H and O–H groups in total. The summed E-state index contributed by atoms with van der Waals surface area (Å²) in [7, 11) is 0. The maximum absolute atomic E-state index is 12.4. The Morgan fingerprint density at radius 3 is 2.86 bits per heavy atom. The second-order valence-electron chi connectivity index (χ2n) is 4.72. The van der Waals surface area contributed by atoms with Crippen LogP contribution in [0.25, 0.3) is 10.2 Å². The molecule has 1 amide bonds. The third-order valence-electron chi connectivity index (χ3n) is 3.25. The first kappa shape index (κ1) is 15.5. The van der Waals surface area contributed by atoms with Crippen molar-refractivity contribution in [3.05, 3.63) is 46.7 Å². The van der Waals surface area contributed by atoms with E-state index in [1.807, 2.05) is 41.5 Å². The van der Waals surface area contributed by atoms with Crippen molar-refractivity contribution in [2.45, 2.75) is 17.8 Å². The molecule has 1 aromatic carbocycles. The molecule has 0 bridgehead atoms. The average molecular weight is 349 g/mol. The number of para-hydroxylation sites is 1. The predicted octanol–water partition coefficient (Wildman–Crippen LogP) is 4.50. The van der Waals surface area contributed by atoms with E-state index < -0.39 is 0 Å². The summed E-state index contributed by atoms with van der Waals surface area (Å²) in [5, 5.41) is 2.05. The number of benzene rings is 1. The fraction of sp³-hybridized carbons (Fsp3) is 0.250. The zero-order valence-electron chi connectivity index (χ0n) is 12.2. The summed E-state index contributed by atoms with van der Waals surface area (Å²) < 4.78 is 2.13. The van der Waals surface area contributed by atoms with Crippen molar-refractivity contribution in [1.82, 2.24) is 9.88 Å². The number of thiazole rings is 1. The van der Waals surface area contributed by atoms with Crippen molar-refractivity contribution in [2.75, 3.05) is 12.3 Å². The molecule has 0 radical (unpaired) electrons. The van der Waals surface area contributed by atoms with E-state index in [0.29, 0.717) is 12.3 Å². The van der Waals surface area contributed by atoms with Crippen LogP contribution in [0.2, 0.25) is 0 Å². The number of hydrogen-bond acceptors (Lipinski definition) is 5. The molecule has 6 heteroatoms. The molecule has 114 valence electrons. The predicted molar refractivity (Wildman–Crippen MR) is 95.8 cm³/mol. The van der Waals surface area contributed by atoms with Gasteiger partial charge in [-0.15, -0.1) is 22.7 Å². The molecule has 0 saturated heterocycles. The van der Waals surface area contributed by atoms with Gasteiger partial charge in [0.25, 0.3) is 0 Å². The summed E-state index contributed by atoms with van der Waals surface area (Å²) in [6, 6.07) is 12.2. The molecule has 0 aliphatic carbocycles. The minimum Gasteiger partial charge on any atom is -0.337 e. The van der Waals surface area contributed by atoms with E-state index in [1.54, 1.807) is 22.7 Å². The van der Waals surface area contributed by atoms with Gasteiger partial charge in [-0.2, -0.15) is 0 Å². The standard InChI is InChI=1S/C16H16N2OS3/c1-2-18(10-12-6-5-9-20-12)15(19)11-21-16-17-13-7-3-4-8-14(13)22-16/h3-9H,2,10-11H2,1H3. The highest BCUT2D eigenvalue weighted by Crippen LogP contribution is 2.29. The molecular weight excluding hydrogens is 332 g/mol. The zero-order chi connectivity index (χ0) is 15.4. The van der Waals surface area contributed by atoms with Crippen LogP contribution in [0, 0.1) is 0 Å². The average Bonchev–Trinajstić information content (AvgIpc) is 3.18. The summed E-state index contributed by atoms with van der Waals surface area (Å²) in [5.74, 6) is 0.610. The van der Waals surface area contributed by atoms with Gasteiger partial charge in [0.05, 0.1) is 22.5 Å². The lowest BCUT2D eigenvalue weighted by molar-refractivity contribution is -0.128. The smallest absolute Gasteiger partial charge is 0.233 e. The molecule has 3 nitrogen and oxygen atoms in total. The van der Waals surface area contributed by atoms with Gasteiger partial charge < -0.3 is 4.90 Å². The number of aromatic nitrogens is 1.